The normalized spacial score (nSPS) is 18.7. The number of benzene rings is 2. The molecule has 6 nitrogen and oxygen atoms in total. The van der Waals surface area contributed by atoms with Crippen molar-refractivity contribution in [1.29, 1.82) is 0 Å². The Morgan fingerprint density at radius 1 is 1.21 bits per heavy atom. The predicted octanol–water partition coefficient (Wildman–Crippen LogP) is 3.15. The second-order valence-electron chi connectivity index (χ2n) is 6.91. The maximum absolute atomic E-state index is 14.2. The maximum atomic E-state index is 14.2. The fourth-order valence-electron chi connectivity index (χ4n) is 3.13. The Morgan fingerprint density at radius 2 is 1.90 bits per heavy atom. The molecule has 0 saturated carbocycles. The van der Waals surface area contributed by atoms with Crippen LogP contribution in [0.2, 0.25) is 0 Å². The number of nitrogens with one attached hydrogen (secondary N) is 1. The summed E-state index contributed by atoms with van der Waals surface area (Å²) in [4.78, 5) is 39.8. The first-order valence-corrected chi connectivity index (χ1v) is 9.50. The number of carbonyl (C=O) groups excluding carboxylic acids is 3. The second-order valence-corrected chi connectivity index (χ2v) is 7.77. The van der Waals surface area contributed by atoms with E-state index in [1.165, 1.54) is 11.8 Å². The van der Waals surface area contributed by atoms with Gasteiger partial charge in [0.15, 0.2) is 0 Å². The minimum Gasteiger partial charge on any atom is -0.340 e. The van der Waals surface area contributed by atoms with Gasteiger partial charge in [0, 0.05) is 23.6 Å². The quantitative estimate of drug-likeness (QED) is 0.689. The fraction of sp³-hybridized carbons (Fsp3) is 0.250. The molecule has 3 rings (SSSR count). The smallest absolute Gasteiger partial charge is 0.325 e. The Kier molecular flexibility index (Phi) is 5.70. The number of halogens is 3. The SMILES string of the molecule is CN(Cc1ccccc1Br)C(=O)CN1C(=O)NC(C)(c2cc(F)ccc2F)C1=O. The predicted molar refractivity (Wildman–Crippen MR) is 105 cm³/mol. The van der Waals surface area contributed by atoms with Crippen LogP contribution in [0, 0.1) is 11.6 Å². The third-order valence-corrected chi connectivity index (χ3v) is 5.60. The summed E-state index contributed by atoms with van der Waals surface area (Å²) >= 11 is 3.40. The summed E-state index contributed by atoms with van der Waals surface area (Å²) in [5, 5.41) is 2.37. The Morgan fingerprint density at radius 3 is 2.59 bits per heavy atom. The van der Waals surface area contributed by atoms with Crippen molar-refractivity contribution in [2.45, 2.75) is 19.0 Å². The molecule has 1 heterocycles. The molecule has 2 aromatic carbocycles. The number of likely N-dealkylation sites (N-methyl/N-ethyl adjacent to an activating group) is 1. The molecule has 0 spiro atoms. The van der Waals surface area contributed by atoms with E-state index in [0.717, 1.165) is 28.2 Å². The molecule has 1 fully saturated rings. The molecular weight excluding hydrogens is 448 g/mol. The van der Waals surface area contributed by atoms with Crippen LogP contribution in [0.1, 0.15) is 18.1 Å². The van der Waals surface area contributed by atoms with Crippen LogP contribution in [0.25, 0.3) is 0 Å². The van der Waals surface area contributed by atoms with Gasteiger partial charge in [0.25, 0.3) is 5.91 Å². The van der Waals surface area contributed by atoms with Crippen LogP contribution in [-0.4, -0.2) is 41.2 Å². The van der Waals surface area contributed by atoms with Crippen molar-refractivity contribution < 1.29 is 23.2 Å². The van der Waals surface area contributed by atoms with Crippen LogP contribution in [-0.2, 0) is 21.7 Å². The zero-order valence-electron chi connectivity index (χ0n) is 15.7. The number of amides is 4. The molecule has 9 heteroatoms. The third-order valence-electron chi connectivity index (χ3n) is 4.83. The lowest BCUT2D eigenvalue weighted by molar-refractivity contribution is -0.138. The molecule has 1 atom stereocenters. The number of hydrogen-bond donors (Lipinski definition) is 1. The van der Waals surface area contributed by atoms with E-state index in [-0.39, 0.29) is 12.1 Å². The van der Waals surface area contributed by atoms with E-state index in [9.17, 15) is 23.2 Å². The number of carbonyl (C=O) groups is 3. The molecule has 152 valence electrons. The number of urea groups is 1. The Balaban J connectivity index is 1.77. The standard InChI is InChI=1S/C20H18BrF2N3O3/c1-20(14-9-13(22)7-8-16(14)23)18(28)26(19(29)24-20)11-17(27)25(2)10-12-5-3-4-6-15(12)21/h3-9H,10-11H2,1-2H3,(H,24,29). The van der Waals surface area contributed by atoms with Crippen LogP contribution in [0.3, 0.4) is 0 Å². The van der Waals surface area contributed by atoms with Gasteiger partial charge in [-0.15, -0.1) is 0 Å². The highest BCUT2D eigenvalue weighted by atomic mass is 79.9. The number of nitrogens with zero attached hydrogens (tertiary/aromatic N) is 2. The Hall–Kier alpha value is -2.81. The lowest BCUT2D eigenvalue weighted by Crippen LogP contribution is -2.44. The molecule has 0 bridgehead atoms. The number of imide groups is 1. The topological polar surface area (TPSA) is 69.7 Å². The van der Waals surface area contributed by atoms with Gasteiger partial charge in [0.05, 0.1) is 0 Å². The third kappa shape index (κ3) is 4.00. The summed E-state index contributed by atoms with van der Waals surface area (Å²) in [6, 6.07) is 9.16. The van der Waals surface area contributed by atoms with Gasteiger partial charge >= 0.3 is 6.03 Å². The molecule has 1 aliphatic rings. The molecule has 0 aromatic heterocycles. The monoisotopic (exact) mass is 465 g/mol. The average Bonchev–Trinajstić information content (AvgIpc) is 2.89. The van der Waals surface area contributed by atoms with Gasteiger partial charge in [0.2, 0.25) is 5.91 Å². The van der Waals surface area contributed by atoms with E-state index in [4.69, 9.17) is 0 Å². The highest BCUT2D eigenvalue weighted by Crippen LogP contribution is 2.31. The molecule has 0 radical (unpaired) electrons. The van der Waals surface area contributed by atoms with Crippen LogP contribution in [0.5, 0.6) is 0 Å². The lowest BCUT2D eigenvalue weighted by Gasteiger charge is -2.24. The summed E-state index contributed by atoms with van der Waals surface area (Å²) < 4.78 is 28.6. The summed E-state index contributed by atoms with van der Waals surface area (Å²) in [6.45, 7) is 1.03. The molecule has 0 aliphatic carbocycles. The average molecular weight is 466 g/mol. The highest BCUT2D eigenvalue weighted by molar-refractivity contribution is 9.10. The van der Waals surface area contributed by atoms with Crippen LogP contribution in [0.4, 0.5) is 13.6 Å². The Bertz CT molecular complexity index is 1000. The van der Waals surface area contributed by atoms with Gasteiger partial charge in [-0.1, -0.05) is 34.1 Å². The minimum atomic E-state index is -1.80. The van der Waals surface area contributed by atoms with E-state index >= 15 is 0 Å². The minimum absolute atomic E-state index is 0.264. The van der Waals surface area contributed by atoms with Gasteiger partial charge in [-0.05, 0) is 36.8 Å². The highest BCUT2D eigenvalue weighted by Gasteiger charge is 2.51. The van der Waals surface area contributed by atoms with Gasteiger partial charge in [-0.3, -0.25) is 14.5 Å². The van der Waals surface area contributed by atoms with Gasteiger partial charge in [0.1, 0.15) is 23.7 Å². The van der Waals surface area contributed by atoms with E-state index < -0.39 is 41.6 Å². The van der Waals surface area contributed by atoms with Crippen LogP contribution < -0.4 is 5.32 Å². The Labute approximate surface area is 174 Å². The molecule has 1 aliphatic heterocycles. The number of hydrogen-bond acceptors (Lipinski definition) is 3. The summed E-state index contributed by atoms with van der Waals surface area (Å²) in [7, 11) is 1.55. The van der Waals surface area contributed by atoms with E-state index in [1.807, 2.05) is 24.3 Å². The van der Waals surface area contributed by atoms with E-state index in [2.05, 4.69) is 21.2 Å². The summed E-state index contributed by atoms with van der Waals surface area (Å²) in [5.74, 6) is -2.88. The van der Waals surface area contributed by atoms with Gasteiger partial charge < -0.3 is 10.2 Å². The number of rotatable bonds is 5. The van der Waals surface area contributed by atoms with E-state index in [0.29, 0.717) is 4.90 Å². The molecule has 1 unspecified atom stereocenters. The molecule has 4 amide bonds. The summed E-state index contributed by atoms with van der Waals surface area (Å²) in [6.07, 6.45) is 0. The van der Waals surface area contributed by atoms with Crippen molar-refractivity contribution in [2.24, 2.45) is 0 Å². The first-order valence-electron chi connectivity index (χ1n) is 8.70. The van der Waals surface area contributed by atoms with Crippen LogP contribution >= 0.6 is 15.9 Å². The molecule has 1 saturated heterocycles. The van der Waals surface area contributed by atoms with Crippen LogP contribution in [0.15, 0.2) is 46.9 Å². The first-order chi connectivity index (χ1) is 13.6. The first kappa shape index (κ1) is 20.9. The van der Waals surface area contributed by atoms with Crippen molar-refractivity contribution in [1.82, 2.24) is 15.1 Å². The molecular formula is C20H18BrF2N3O3. The molecule has 2 aromatic rings. The van der Waals surface area contributed by atoms with Crippen molar-refractivity contribution in [3.05, 3.63) is 69.7 Å². The van der Waals surface area contributed by atoms with Gasteiger partial charge in [-0.2, -0.15) is 0 Å². The molecule has 29 heavy (non-hydrogen) atoms. The van der Waals surface area contributed by atoms with Crippen molar-refractivity contribution in [3.8, 4) is 0 Å². The largest absolute Gasteiger partial charge is 0.340 e. The second kappa shape index (κ2) is 7.90. The zero-order chi connectivity index (χ0) is 21.3. The van der Waals surface area contributed by atoms with E-state index in [1.54, 1.807) is 7.05 Å². The van der Waals surface area contributed by atoms with Crippen molar-refractivity contribution >= 4 is 33.8 Å². The molecule has 1 N–H and O–H groups in total. The lowest BCUT2D eigenvalue weighted by atomic mass is 9.91. The fourth-order valence-corrected chi connectivity index (χ4v) is 3.54. The van der Waals surface area contributed by atoms with Crippen molar-refractivity contribution in [2.75, 3.05) is 13.6 Å². The van der Waals surface area contributed by atoms with Crippen molar-refractivity contribution in [3.63, 3.8) is 0 Å². The maximum Gasteiger partial charge on any atom is 0.325 e. The summed E-state index contributed by atoms with van der Waals surface area (Å²) in [5.41, 5.74) is -1.25. The zero-order valence-corrected chi connectivity index (χ0v) is 17.3. The van der Waals surface area contributed by atoms with Gasteiger partial charge in [-0.25, -0.2) is 13.6 Å².